The van der Waals surface area contributed by atoms with Crippen molar-refractivity contribution >= 4 is 11.8 Å². The van der Waals surface area contributed by atoms with Crippen molar-refractivity contribution < 1.29 is 9.59 Å². The molecule has 2 aromatic rings. The summed E-state index contributed by atoms with van der Waals surface area (Å²) in [6.45, 7) is 9.82. The molecule has 3 rings (SSSR count). The first kappa shape index (κ1) is 21.0. The molecule has 4 atom stereocenters. The molecule has 0 spiro atoms. The molecule has 0 saturated carbocycles. The second-order valence-electron chi connectivity index (χ2n) is 7.95. The van der Waals surface area contributed by atoms with Crippen LogP contribution >= 0.6 is 0 Å². The predicted molar refractivity (Wildman–Crippen MR) is 112 cm³/mol. The van der Waals surface area contributed by atoms with Gasteiger partial charge in [-0.1, -0.05) is 37.3 Å². The van der Waals surface area contributed by atoms with Gasteiger partial charge in [-0.25, -0.2) is 4.68 Å². The standard InChI is InChI=1S/C22H31N5O2/c1-13-14(2)24-22(25-21(13)29)27-17(5)19(16(4)26-27)11-12-20(28)23-15(3)18-9-7-6-8-10-18/h6-10,13-15,22,24H,11-12H2,1-5H3,(H,23,28)(H,25,29). The topological polar surface area (TPSA) is 88.1 Å². The molecular weight excluding hydrogens is 366 g/mol. The van der Waals surface area contributed by atoms with Gasteiger partial charge in [-0.05, 0) is 45.2 Å². The minimum Gasteiger partial charge on any atom is -0.350 e. The summed E-state index contributed by atoms with van der Waals surface area (Å²) in [5, 5.41) is 14.0. The Bertz CT molecular complexity index is 877. The van der Waals surface area contributed by atoms with Crippen molar-refractivity contribution in [2.45, 2.75) is 65.8 Å². The highest BCUT2D eigenvalue weighted by molar-refractivity contribution is 5.79. The number of carbonyl (C=O) groups excluding carboxylic acids is 2. The van der Waals surface area contributed by atoms with E-state index in [0.29, 0.717) is 12.8 Å². The van der Waals surface area contributed by atoms with Crippen molar-refractivity contribution in [3.8, 4) is 0 Å². The summed E-state index contributed by atoms with van der Waals surface area (Å²) in [6, 6.07) is 9.96. The number of benzene rings is 1. The van der Waals surface area contributed by atoms with E-state index in [9.17, 15) is 9.59 Å². The molecule has 0 radical (unpaired) electrons. The number of nitrogens with zero attached hydrogens (tertiary/aromatic N) is 2. The Morgan fingerprint density at radius 1 is 1.24 bits per heavy atom. The Morgan fingerprint density at radius 2 is 1.93 bits per heavy atom. The first-order valence-electron chi connectivity index (χ1n) is 10.2. The summed E-state index contributed by atoms with van der Waals surface area (Å²) < 4.78 is 1.81. The van der Waals surface area contributed by atoms with E-state index in [-0.39, 0.29) is 36.1 Å². The normalized spacial score (nSPS) is 22.8. The molecule has 7 nitrogen and oxygen atoms in total. The maximum absolute atomic E-state index is 12.4. The van der Waals surface area contributed by atoms with Crippen LogP contribution in [0.3, 0.4) is 0 Å². The number of aryl methyl sites for hydroxylation is 1. The van der Waals surface area contributed by atoms with Crippen LogP contribution in [0.15, 0.2) is 30.3 Å². The van der Waals surface area contributed by atoms with Crippen LogP contribution in [0.25, 0.3) is 0 Å². The highest BCUT2D eigenvalue weighted by atomic mass is 16.2. The van der Waals surface area contributed by atoms with E-state index in [1.807, 2.05) is 69.6 Å². The summed E-state index contributed by atoms with van der Waals surface area (Å²) >= 11 is 0. The van der Waals surface area contributed by atoms with Gasteiger partial charge in [0.25, 0.3) is 0 Å². The average Bonchev–Trinajstić information content (AvgIpc) is 2.98. The van der Waals surface area contributed by atoms with Gasteiger partial charge in [0, 0.05) is 18.2 Å². The summed E-state index contributed by atoms with van der Waals surface area (Å²) in [4.78, 5) is 24.6. The van der Waals surface area contributed by atoms with Gasteiger partial charge in [0.15, 0.2) is 6.29 Å². The van der Waals surface area contributed by atoms with Crippen molar-refractivity contribution in [2.75, 3.05) is 0 Å². The molecular formula is C22H31N5O2. The third-order valence-corrected chi connectivity index (χ3v) is 5.86. The van der Waals surface area contributed by atoms with Crippen LogP contribution in [-0.4, -0.2) is 27.6 Å². The van der Waals surface area contributed by atoms with E-state index in [2.05, 4.69) is 21.0 Å². The SMILES string of the molecule is Cc1nn(C2NC(=O)C(C)C(C)N2)c(C)c1CCC(=O)NC(C)c1ccccc1. The first-order valence-corrected chi connectivity index (χ1v) is 10.2. The monoisotopic (exact) mass is 397 g/mol. The fraction of sp³-hybridized carbons (Fsp3) is 0.500. The lowest BCUT2D eigenvalue weighted by Crippen LogP contribution is -2.57. The number of amides is 2. The number of hydrogen-bond acceptors (Lipinski definition) is 4. The molecule has 2 heterocycles. The van der Waals surface area contributed by atoms with E-state index >= 15 is 0 Å². The Hall–Kier alpha value is -2.67. The molecule has 1 aromatic heterocycles. The summed E-state index contributed by atoms with van der Waals surface area (Å²) in [5.41, 5.74) is 3.98. The lowest BCUT2D eigenvalue weighted by molar-refractivity contribution is -0.130. The van der Waals surface area contributed by atoms with E-state index in [4.69, 9.17) is 0 Å². The highest BCUT2D eigenvalue weighted by Crippen LogP contribution is 2.21. The van der Waals surface area contributed by atoms with E-state index in [0.717, 1.165) is 22.5 Å². The molecule has 1 saturated heterocycles. The van der Waals surface area contributed by atoms with Crippen LogP contribution in [0, 0.1) is 19.8 Å². The summed E-state index contributed by atoms with van der Waals surface area (Å²) in [7, 11) is 0. The van der Waals surface area contributed by atoms with Crippen molar-refractivity contribution in [1.82, 2.24) is 25.7 Å². The lowest BCUT2D eigenvalue weighted by Gasteiger charge is -2.34. The molecule has 0 bridgehead atoms. The highest BCUT2D eigenvalue weighted by Gasteiger charge is 2.32. The number of hydrogen-bond donors (Lipinski definition) is 3. The first-order chi connectivity index (χ1) is 13.8. The largest absolute Gasteiger partial charge is 0.350 e. The van der Waals surface area contributed by atoms with Gasteiger partial charge in [-0.15, -0.1) is 0 Å². The third-order valence-electron chi connectivity index (χ3n) is 5.86. The van der Waals surface area contributed by atoms with Gasteiger partial charge < -0.3 is 10.6 Å². The molecule has 2 amide bonds. The summed E-state index contributed by atoms with van der Waals surface area (Å²) in [5.74, 6) is -0.0536. The smallest absolute Gasteiger partial charge is 0.227 e. The van der Waals surface area contributed by atoms with E-state index in [1.54, 1.807) is 0 Å². The number of carbonyl (C=O) groups is 2. The molecule has 29 heavy (non-hydrogen) atoms. The van der Waals surface area contributed by atoms with Crippen molar-refractivity contribution in [2.24, 2.45) is 5.92 Å². The van der Waals surface area contributed by atoms with Gasteiger partial charge in [0.05, 0.1) is 17.7 Å². The summed E-state index contributed by atoms with van der Waals surface area (Å²) in [6.07, 6.45) is 0.633. The lowest BCUT2D eigenvalue weighted by atomic mass is 10.0. The fourth-order valence-electron chi connectivity index (χ4n) is 3.75. The van der Waals surface area contributed by atoms with Gasteiger partial charge in [-0.2, -0.15) is 5.10 Å². The Morgan fingerprint density at radius 3 is 2.59 bits per heavy atom. The fourth-order valence-corrected chi connectivity index (χ4v) is 3.75. The van der Waals surface area contributed by atoms with Crippen LogP contribution in [0.4, 0.5) is 0 Å². The second-order valence-corrected chi connectivity index (χ2v) is 7.95. The van der Waals surface area contributed by atoms with Crippen LogP contribution < -0.4 is 16.0 Å². The van der Waals surface area contributed by atoms with Gasteiger partial charge in [-0.3, -0.25) is 14.9 Å². The molecule has 156 valence electrons. The maximum Gasteiger partial charge on any atom is 0.227 e. The number of aromatic nitrogens is 2. The molecule has 1 aliphatic heterocycles. The zero-order valence-corrected chi connectivity index (χ0v) is 17.8. The predicted octanol–water partition coefficient (Wildman–Crippen LogP) is 2.51. The zero-order valence-electron chi connectivity index (χ0n) is 17.8. The van der Waals surface area contributed by atoms with E-state index < -0.39 is 0 Å². The van der Waals surface area contributed by atoms with Crippen molar-refractivity contribution in [1.29, 1.82) is 0 Å². The molecule has 1 aliphatic rings. The Balaban J connectivity index is 1.63. The minimum atomic E-state index is -0.368. The zero-order chi connectivity index (χ0) is 21.1. The number of rotatable bonds is 6. The van der Waals surface area contributed by atoms with Crippen LogP contribution in [0.5, 0.6) is 0 Å². The average molecular weight is 398 g/mol. The third kappa shape index (κ3) is 4.67. The van der Waals surface area contributed by atoms with Crippen LogP contribution in [-0.2, 0) is 16.0 Å². The van der Waals surface area contributed by atoms with Crippen molar-refractivity contribution in [3.05, 3.63) is 52.8 Å². The van der Waals surface area contributed by atoms with E-state index in [1.165, 1.54) is 0 Å². The quantitative estimate of drug-likeness (QED) is 0.699. The second kappa shape index (κ2) is 8.78. The number of nitrogens with one attached hydrogen (secondary N) is 3. The van der Waals surface area contributed by atoms with Gasteiger partial charge in [0.1, 0.15) is 0 Å². The minimum absolute atomic E-state index is 0.0134. The Kier molecular flexibility index (Phi) is 6.37. The molecule has 3 N–H and O–H groups in total. The van der Waals surface area contributed by atoms with Crippen LogP contribution in [0.1, 0.15) is 62.0 Å². The Labute approximate surface area is 172 Å². The molecule has 4 unspecified atom stereocenters. The molecule has 1 fully saturated rings. The molecule has 0 aliphatic carbocycles. The molecule has 7 heteroatoms. The van der Waals surface area contributed by atoms with Gasteiger partial charge in [0.2, 0.25) is 11.8 Å². The van der Waals surface area contributed by atoms with Gasteiger partial charge >= 0.3 is 0 Å². The van der Waals surface area contributed by atoms with Crippen molar-refractivity contribution in [3.63, 3.8) is 0 Å². The molecule has 1 aromatic carbocycles. The van der Waals surface area contributed by atoms with Crippen LogP contribution in [0.2, 0.25) is 0 Å². The maximum atomic E-state index is 12.4.